The highest BCUT2D eigenvalue weighted by Crippen LogP contribution is 2.21. The Hall–Kier alpha value is -0.480. The maximum absolute atomic E-state index is 5.89. The van der Waals surface area contributed by atoms with Gasteiger partial charge in [0.05, 0.1) is 4.34 Å². The first-order valence-corrected chi connectivity index (χ1v) is 8.68. The average Bonchev–Trinajstić information content (AvgIpc) is 2.81. The molecule has 102 valence electrons. The second-order valence-electron chi connectivity index (χ2n) is 4.36. The number of hydrogen-bond donors (Lipinski definition) is 1. The molecule has 2 rings (SSSR count). The smallest absolute Gasteiger partial charge is 0.0931 e. The lowest BCUT2D eigenvalue weighted by molar-refractivity contribution is 0.741. The lowest BCUT2D eigenvalue weighted by Crippen LogP contribution is -2.15. The van der Waals surface area contributed by atoms with Crippen molar-refractivity contribution in [2.45, 2.75) is 19.2 Å². The maximum atomic E-state index is 5.89. The predicted octanol–water partition coefficient (Wildman–Crippen LogP) is 4.73. The molecule has 1 N–H and O–H groups in total. The van der Waals surface area contributed by atoms with Gasteiger partial charge in [-0.2, -0.15) is 11.8 Å². The van der Waals surface area contributed by atoms with E-state index in [2.05, 4.69) is 42.6 Å². The van der Waals surface area contributed by atoms with E-state index in [1.165, 1.54) is 16.0 Å². The van der Waals surface area contributed by atoms with Gasteiger partial charge in [-0.05, 0) is 30.2 Å². The van der Waals surface area contributed by atoms with Gasteiger partial charge in [-0.15, -0.1) is 11.3 Å². The van der Waals surface area contributed by atoms with Crippen molar-refractivity contribution in [1.29, 1.82) is 0 Å². The molecule has 1 aromatic heterocycles. The molecule has 1 nitrogen and oxygen atoms in total. The topological polar surface area (TPSA) is 12.0 Å². The predicted molar refractivity (Wildman–Crippen MR) is 88.4 cm³/mol. The van der Waals surface area contributed by atoms with Crippen LogP contribution in [-0.4, -0.2) is 12.3 Å². The number of benzene rings is 1. The molecular formula is C15H18ClNS2. The van der Waals surface area contributed by atoms with Crippen molar-refractivity contribution in [1.82, 2.24) is 5.32 Å². The Morgan fingerprint density at radius 1 is 1.21 bits per heavy atom. The quantitative estimate of drug-likeness (QED) is 0.742. The third-order valence-electron chi connectivity index (χ3n) is 2.87. The lowest BCUT2D eigenvalue weighted by atomic mass is 10.1. The minimum atomic E-state index is 0.866. The Bertz CT molecular complexity index is 510. The molecule has 0 fully saturated rings. The molecule has 0 aliphatic heterocycles. The Kier molecular flexibility index (Phi) is 6.24. The second kappa shape index (κ2) is 7.95. The Morgan fingerprint density at radius 3 is 2.79 bits per heavy atom. The Balaban J connectivity index is 1.59. The molecule has 2 aromatic rings. The summed E-state index contributed by atoms with van der Waals surface area (Å²) in [5.74, 6) is 2.23. The van der Waals surface area contributed by atoms with Gasteiger partial charge in [0.15, 0.2) is 0 Å². The van der Waals surface area contributed by atoms with Crippen LogP contribution in [0.15, 0.2) is 36.4 Å². The highest BCUT2D eigenvalue weighted by Gasteiger charge is 1.99. The fraction of sp³-hybridized carbons (Fsp3) is 0.333. The van der Waals surface area contributed by atoms with Gasteiger partial charge in [-0.3, -0.25) is 0 Å². The van der Waals surface area contributed by atoms with Crippen molar-refractivity contribution >= 4 is 34.7 Å². The number of rotatable bonds is 7. The minimum Gasteiger partial charge on any atom is -0.311 e. The molecule has 4 heteroatoms. The number of aryl methyl sites for hydroxylation is 1. The third-order valence-corrected chi connectivity index (χ3v) is 5.11. The van der Waals surface area contributed by atoms with Crippen LogP contribution in [0.4, 0.5) is 0 Å². The summed E-state index contributed by atoms with van der Waals surface area (Å²) in [5, 5.41) is 3.45. The van der Waals surface area contributed by atoms with Gasteiger partial charge in [0.25, 0.3) is 0 Å². The molecule has 0 amide bonds. The molecular weight excluding hydrogens is 294 g/mol. The largest absolute Gasteiger partial charge is 0.311 e. The van der Waals surface area contributed by atoms with Crippen LogP contribution in [0.3, 0.4) is 0 Å². The van der Waals surface area contributed by atoms with Crippen LogP contribution < -0.4 is 5.32 Å². The summed E-state index contributed by atoms with van der Waals surface area (Å²) in [7, 11) is 0. The van der Waals surface area contributed by atoms with Gasteiger partial charge in [-0.25, -0.2) is 0 Å². The zero-order valence-electron chi connectivity index (χ0n) is 11.0. The highest BCUT2D eigenvalue weighted by atomic mass is 35.5. The fourth-order valence-corrected chi connectivity index (χ4v) is 3.79. The standard InChI is InChI=1S/C15H18ClNS2/c1-12-4-2-3-5-13(12)11-18-9-8-17-10-14-6-7-15(16)19-14/h2-7,17H,8-11H2,1H3. The lowest BCUT2D eigenvalue weighted by Gasteiger charge is -2.06. The van der Waals surface area contributed by atoms with E-state index in [0.717, 1.165) is 28.9 Å². The SMILES string of the molecule is Cc1ccccc1CSCCNCc1ccc(Cl)s1. The van der Waals surface area contributed by atoms with E-state index in [1.54, 1.807) is 11.3 Å². The summed E-state index contributed by atoms with van der Waals surface area (Å²) in [4.78, 5) is 1.30. The number of thiophene rings is 1. The van der Waals surface area contributed by atoms with E-state index in [4.69, 9.17) is 11.6 Å². The Morgan fingerprint density at radius 2 is 2.05 bits per heavy atom. The molecule has 0 unspecified atom stereocenters. The van der Waals surface area contributed by atoms with Crippen molar-refractivity contribution in [3.63, 3.8) is 0 Å². The van der Waals surface area contributed by atoms with Crippen molar-refractivity contribution in [3.05, 3.63) is 56.7 Å². The number of thioether (sulfide) groups is 1. The van der Waals surface area contributed by atoms with Crippen molar-refractivity contribution < 1.29 is 0 Å². The zero-order chi connectivity index (χ0) is 13.5. The van der Waals surface area contributed by atoms with Crippen molar-refractivity contribution in [2.75, 3.05) is 12.3 Å². The monoisotopic (exact) mass is 311 g/mol. The first-order chi connectivity index (χ1) is 9.25. The molecule has 19 heavy (non-hydrogen) atoms. The molecule has 0 aliphatic carbocycles. The summed E-state index contributed by atoms with van der Waals surface area (Å²) < 4.78 is 0.866. The number of nitrogens with one attached hydrogen (secondary N) is 1. The highest BCUT2D eigenvalue weighted by molar-refractivity contribution is 7.98. The van der Waals surface area contributed by atoms with E-state index in [0.29, 0.717) is 0 Å². The van der Waals surface area contributed by atoms with Gasteiger partial charge in [-0.1, -0.05) is 35.9 Å². The minimum absolute atomic E-state index is 0.866. The molecule has 0 spiro atoms. The van der Waals surface area contributed by atoms with Crippen LogP contribution in [0, 0.1) is 6.92 Å². The van der Waals surface area contributed by atoms with Gasteiger partial charge >= 0.3 is 0 Å². The first-order valence-electron chi connectivity index (χ1n) is 6.33. The molecule has 0 bridgehead atoms. The molecule has 1 aromatic carbocycles. The van der Waals surface area contributed by atoms with Gasteiger partial charge in [0, 0.05) is 29.5 Å². The van der Waals surface area contributed by atoms with Crippen LogP contribution in [0.2, 0.25) is 4.34 Å². The van der Waals surface area contributed by atoms with Crippen LogP contribution >= 0.6 is 34.7 Å². The molecule has 0 saturated carbocycles. The van der Waals surface area contributed by atoms with Crippen LogP contribution in [-0.2, 0) is 12.3 Å². The van der Waals surface area contributed by atoms with Gasteiger partial charge < -0.3 is 5.32 Å². The zero-order valence-corrected chi connectivity index (χ0v) is 13.4. The molecule has 0 radical (unpaired) electrons. The van der Waals surface area contributed by atoms with E-state index in [9.17, 15) is 0 Å². The van der Waals surface area contributed by atoms with E-state index < -0.39 is 0 Å². The molecule has 0 aliphatic rings. The van der Waals surface area contributed by atoms with Gasteiger partial charge in [0.2, 0.25) is 0 Å². The number of hydrogen-bond acceptors (Lipinski definition) is 3. The van der Waals surface area contributed by atoms with E-state index >= 15 is 0 Å². The summed E-state index contributed by atoms with van der Waals surface area (Å²) in [5.41, 5.74) is 2.83. The van der Waals surface area contributed by atoms with Crippen LogP contribution in [0.1, 0.15) is 16.0 Å². The van der Waals surface area contributed by atoms with Crippen molar-refractivity contribution in [3.8, 4) is 0 Å². The fourth-order valence-electron chi connectivity index (χ4n) is 1.76. The summed E-state index contributed by atoms with van der Waals surface area (Å²) >= 11 is 9.51. The summed E-state index contributed by atoms with van der Waals surface area (Å²) in [6.07, 6.45) is 0. The Labute approximate surface area is 128 Å². The van der Waals surface area contributed by atoms with Crippen LogP contribution in [0.25, 0.3) is 0 Å². The second-order valence-corrected chi connectivity index (χ2v) is 7.27. The van der Waals surface area contributed by atoms with Crippen LogP contribution in [0.5, 0.6) is 0 Å². The van der Waals surface area contributed by atoms with E-state index in [-0.39, 0.29) is 0 Å². The molecule has 1 heterocycles. The first kappa shape index (κ1) is 14.9. The average molecular weight is 312 g/mol. The third kappa shape index (κ3) is 5.19. The summed E-state index contributed by atoms with van der Waals surface area (Å²) in [6.45, 7) is 4.13. The summed E-state index contributed by atoms with van der Waals surface area (Å²) in [6, 6.07) is 12.6. The maximum Gasteiger partial charge on any atom is 0.0931 e. The normalized spacial score (nSPS) is 10.8. The molecule has 0 atom stereocenters. The number of halogens is 1. The van der Waals surface area contributed by atoms with E-state index in [1.807, 2.05) is 17.8 Å². The van der Waals surface area contributed by atoms with Crippen molar-refractivity contribution in [2.24, 2.45) is 0 Å². The van der Waals surface area contributed by atoms with Gasteiger partial charge in [0.1, 0.15) is 0 Å². The molecule has 0 saturated heterocycles.